The molecule has 2 aromatic carbocycles. The summed E-state index contributed by atoms with van der Waals surface area (Å²) in [6, 6.07) is 16.7. The van der Waals surface area contributed by atoms with Crippen LogP contribution in [0.15, 0.2) is 48.5 Å². The van der Waals surface area contributed by atoms with Gasteiger partial charge in [-0.3, -0.25) is 4.79 Å². The molecule has 0 atom stereocenters. The third-order valence-electron chi connectivity index (χ3n) is 2.88. The monoisotopic (exact) mass is 328 g/mol. The topological polar surface area (TPSA) is 52.9 Å². The van der Waals surface area contributed by atoms with E-state index in [9.17, 15) is 4.79 Å². The standard InChI is InChI=1S/C16H13BrN2O/c17-9-12-4-6-15(7-5-12)16(20)19-11-14-3-1-2-13(8-14)10-18/h1-8H,9,11H2,(H,19,20). The number of halogens is 1. The van der Waals surface area contributed by atoms with Crippen molar-refractivity contribution in [1.29, 1.82) is 5.26 Å². The van der Waals surface area contributed by atoms with E-state index in [0.717, 1.165) is 16.5 Å². The van der Waals surface area contributed by atoms with Crippen LogP contribution in [-0.2, 0) is 11.9 Å². The average Bonchev–Trinajstić information content (AvgIpc) is 2.53. The third kappa shape index (κ3) is 3.69. The molecule has 0 aliphatic rings. The summed E-state index contributed by atoms with van der Waals surface area (Å²) in [6.45, 7) is 0.411. The van der Waals surface area contributed by atoms with Crippen LogP contribution >= 0.6 is 15.9 Å². The first-order chi connectivity index (χ1) is 9.72. The lowest BCUT2D eigenvalue weighted by Crippen LogP contribution is -2.22. The molecule has 0 heterocycles. The molecule has 1 amide bonds. The van der Waals surface area contributed by atoms with Crippen molar-refractivity contribution in [2.45, 2.75) is 11.9 Å². The fourth-order valence-electron chi connectivity index (χ4n) is 1.78. The predicted octanol–water partition coefficient (Wildman–Crippen LogP) is 3.38. The number of nitrogens with one attached hydrogen (secondary N) is 1. The Labute approximate surface area is 126 Å². The fourth-order valence-corrected chi connectivity index (χ4v) is 2.15. The van der Waals surface area contributed by atoms with Gasteiger partial charge in [0.25, 0.3) is 5.91 Å². The molecule has 0 radical (unpaired) electrons. The number of hydrogen-bond acceptors (Lipinski definition) is 2. The van der Waals surface area contributed by atoms with Gasteiger partial charge in [-0.25, -0.2) is 0 Å². The van der Waals surface area contributed by atoms with Gasteiger partial charge in [0.2, 0.25) is 0 Å². The smallest absolute Gasteiger partial charge is 0.251 e. The third-order valence-corrected chi connectivity index (χ3v) is 3.53. The van der Waals surface area contributed by atoms with E-state index in [1.807, 2.05) is 24.3 Å². The van der Waals surface area contributed by atoms with Gasteiger partial charge in [-0.1, -0.05) is 40.2 Å². The van der Waals surface area contributed by atoms with Gasteiger partial charge in [0.05, 0.1) is 11.6 Å². The number of benzene rings is 2. The quantitative estimate of drug-likeness (QED) is 0.874. The van der Waals surface area contributed by atoms with Crippen molar-refractivity contribution in [3.8, 4) is 6.07 Å². The number of nitriles is 1. The van der Waals surface area contributed by atoms with E-state index in [-0.39, 0.29) is 5.91 Å². The summed E-state index contributed by atoms with van der Waals surface area (Å²) < 4.78 is 0. The van der Waals surface area contributed by atoms with Gasteiger partial charge in [0, 0.05) is 17.4 Å². The highest BCUT2D eigenvalue weighted by Crippen LogP contribution is 2.08. The molecular formula is C16H13BrN2O. The Morgan fingerprint density at radius 3 is 2.55 bits per heavy atom. The van der Waals surface area contributed by atoms with E-state index in [0.29, 0.717) is 17.7 Å². The highest BCUT2D eigenvalue weighted by atomic mass is 79.9. The molecule has 20 heavy (non-hydrogen) atoms. The molecule has 2 rings (SSSR count). The Hall–Kier alpha value is -2.12. The first kappa shape index (κ1) is 14.3. The Kier molecular flexibility index (Phi) is 4.91. The van der Waals surface area contributed by atoms with Gasteiger partial charge >= 0.3 is 0 Å². The van der Waals surface area contributed by atoms with Crippen molar-refractivity contribution >= 4 is 21.8 Å². The second kappa shape index (κ2) is 6.88. The number of alkyl halides is 1. The molecule has 0 fully saturated rings. The predicted molar refractivity (Wildman–Crippen MR) is 81.4 cm³/mol. The zero-order valence-electron chi connectivity index (χ0n) is 10.8. The van der Waals surface area contributed by atoms with Crippen LogP contribution in [0.1, 0.15) is 27.0 Å². The molecule has 2 aromatic rings. The van der Waals surface area contributed by atoms with E-state index in [1.165, 1.54) is 0 Å². The summed E-state index contributed by atoms with van der Waals surface area (Å²) >= 11 is 3.37. The minimum atomic E-state index is -0.117. The van der Waals surface area contributed by atoms with Crippen LogP contribution in [0.25, 0.3) is 0 Å². The normalized spacial score (nSPS) is 9.80. The first-order valence-corrected chi connectivity index (χ1v) is 7.27. The summed E-state index contributed by atoms with van der Waals surface area (Å²) in [7, 11) is 0. The van der Waals surface area contributed by atoms with Gasteiger partial charge < -0.3 is 5.32 Å². The highest BCUT2D eigenvalue weighted by Gasteiger charge is 2.05. The molecule has 0 saturated carbocycles. The molecule has 0 bridgehead atoms. The van der Waals surface area contributed by atoms with Gasteiger partial charge in [0.1, 0.15) is 0 Å². The van der Waals surface area contributed by atoms with E-state index in [2.05, 4.69) is 27.3 Å². The van der Waals surface area contributed by atoms with E-state index in [1.54, 1.807) is 24.3 Å². The Morgan fingerprint density at radius 2 is 1.90 bits per heavy atom. The van der Waals surface area contributed by atoms with Crippen LogP contribution < -0.4 is 5.32 Å². The van der Waals surface area contributed by atoms with Crippen LogP contribution in [-0.4, -0.2) is 5.91 Å². The SMILES string of the molecule is N#Cc1cccc(CNC(=O)c2ccc(CBr)cc2)c1. The molecule has 0 aliphatic heterocycles. The molecule has 0 unspecified atom stereocenters. The van der Waals surface area contributed by atoms with Crippen LogP contribution in [0.5, 0.6) is 0 Å². The highest BCUT2D eigenvalue weighted by molar-refractivity contribution is 9.08. The van der Waals surface area contributed by atoms with Crippen LogP contribution in [0, 0.1) is 11.3 Å². The summed E-state index contributed by atoms with van der Waals surface area (Å²) in [5.74, 6) is -0.117. The van der Waals surface area contributed by atoms with Crippen molar-refractivity contribution in [2.75, 3.05) is 0 Å². The maximum atomic E-state index is 12.0. The molecule has 0 aliphatic carbocycles. The Bertz CT molecular complexity index is 644. The summed E-state index contributed by atoms with van der Waals surface area (Å²) in [4.78, 5) is 12.0. The number of rotatable bonds is 4. The van der Waals surface area contributed by atoms with E-state index in [4.69, 9.17) is 5.26 Å². The summed E-state index contributed by atoms with van der Waals surface area (Å²) in [5.41, 5.74) is 3.27. The molecule has 0 saturated heterocycles. The lowest BCUT2D eigenvalue weighted by molar-refractivity contribution is 0.0951. The Balaban J connectivity index is 1.99. The number of carbonyl (C=O) groups excluding carboxylic acids is 1. The summed E-state index contributed by atoms with van der Waals surface area (Å²) in [5, 5.41) is 12.4. The van der Waals surface area contributed by atoms with Gasteiger partial charge in [-0.15, -0.1) is 0 Å². The Morgan fingerprint density at radius 1 is 1.15 bits per heavy atom. The molecular weight excluding hydrogens is 316 g/mol. The maximum absolute atomic E-state index is 12.0. The van der Waals surface area contributed by atoms with E-state index < -0.39 is 0 Å². The largest absolute Gasteiger partial charge is 0.348 e. The van der Waals surface area contributed by atoms with Crippen LogP contribution in [0.3, 0.4) is 0 Å². The van der Waals surface area contributed by atoms with Crippen LogP contribution in [0.2, 0.25) is 0 Å². The molecule has 100 valence electrons. The number of amides is 1. The van der Waals surface area contributed by atoms with Crippen molar-refractivity contribution in [3.63, 3.8) is 0 Å². The van der Waals surface area contributed by atoms with E-state index >= 15 is 0 Å². The zero-order chi connectivity index (χ0) is 14.4. The molecule has 1 N–H and O–H groups in total. The fraction of sp³-hybridized carbons (Fsp3) is 0.125. The molecule has 3 nitrogen and oxygen atoms in total. The maximum Gasteiger partial charge on any atom is 0.251 e. The van der Waals surface area contributed by atoms with Crippen molar-refractivity contribution in [1.82, 2.24) is 5.32 Å². The number of carbonyl (C=O) groups is 1. The first-order valence-electron chi connectivity index (χ1n) is 6.15. The van der Waals surface area contributed by atoms with Gasteiger partial charge in [-0.2, -0.15) is 5.26 Å². The van der Waals surface area contributed by atoms with Gasteiger partial charge in [0.15, 0.2) is 0 Å². The summed E-state index contributed by atoms with van der Waals surface area (Å²) in [6.07, 6.45) is 0. The lowest BCUT2D eigenvalue weighted by atomic mass is 10.1. The zero-order valence-corrected chi connectivity index (χ0v) is 12.4. The minimum absolute atomic E-state index is 0.117. The van der Waals surface area contributed by atoms with Crippen LogP contribution in [0.4, 0.5) is 0 Å². The number of hydrogen-bond donors (Lipinski definition) is 1. The number of nitrogens with zero attached hydrogens (tertiary/aromatic N) is 1. The molecule has 0 aromatic heterocycles. The van der Waals surface area contributed by atoms with Crippen molar-refractivity contribution < 1.29 is 4.79 Å². The second-order valence-electron chi connectivity index (χ2n) is 4.33. The lowest BCUT2D eigenvalue weighted by Gasteiger charge is -2.06. The molecule has 0 spiro atoms. The van der Waals surface area contributed by atoms with Gasteiger partial charge in [-0.05, 0) is 35.4 Å². The second-order valence-corrected chi connectivity index (χ2v) is 4.89. The average molecular weight is 329 g/mol. The molecule has 4 heteroatoms. The minimum Gasteiger partial charge on any atom is -0.348 e. The van der Waals surface area contributed by atoms with Crippen molar-refractivity contribution in [3.05, 3.63) is 70.8 Å². The van der Waals surface area contributed by atoms with Crippen molar-refractivity contribution in [2.24, 2.45) is 0 Å².